The lowest BCUT2D eigenvalue weighted by atomic mass is 10.1. The Hall–Kier alpha value is -2.03. The summed E-state index contributed by atoms with van der Waals surface area (Å²) in [5, 5.41) is 0. The number of allylic oxidation sites excluding steroid dienone is 8. The molecule has 0 saturated carbocycles. The molecule has 10 heteroatoms. The van der Waals surface area contributed by atoms with Gasteiger partial charge in [0.25, 0.3) is 0 Å². The minimum atomic E-state index is -4.39. The number of hydrogen-bond acceptors (Lipinski definition) is 8. The number of phosphoric acid groups is 1. The topological polar surface area (TPSA) is 134 Å². The second-order valence-electron chi connectivity index (χ2n) is 14.6. The normalized spacial score (nSPS) is 13.7. The SMILES string of the molecule is CCCCCCCCC=CC=CC=CCCCCCCCC(=O)OC(COC(=O)CCCCCCCC=CCCCCCCCC)COP(=O)(O)OCCN. The summed E-state index contributed by atoms with van der Waals surface area (Å²) in [4.78, 5) is 34.9. The molecule has 0 aromatic heterocycles. The highest BCUT2D eigenvalue weighted by molar-refractivity contribution is 7.47. The number of phosphoric ester groups is 1. The van der Waals surface area contributed by atoms with E-state index in [4.69, 9.17) is 24.3 Å². The van der Waals surface area contributed by atoms with E-state index in [1.807, 2.05) is 0 Å². The van der Waals surface area contributed by atoms with Crippen molar-refractivity contribution in [1.82, 2.24) is 0 Å². The first kappa shape index (κ1) is 53.0. The standard InChI is InChI=1S/C45H82NO8P/c1-3-5-7-9-11-13-15-17-19-20-21-22-24-26-28-30-32-34-36-38-45(48)54-43(42-53-55(49,50)52-40-39-46)41-51-44(47)37-35-33-31-29-27-25-23-18-16-14-12-10-8-6-4-2/h17-24,43H,3-16,25-42,46H2,1-2H3,(H,49,50). The van der Waals surface area contributed by atoms with Crippen molar-refractivity contribution in [2.45, 2.75) is 200 Å². The Morgan fingerprint density at radius 1 is 0.545 bits per heavy atom. The van der Waals surface area contributed by atoms with Gasteiger partial charge < -0.3 is 20.1 Å². The largest absolute Gasteiger partial charge is 0.472 e. The maximum absolute atomic E-state index is 12.6. The average molecular weight is 796 g/mol. The van der Waals surface area contributed by atoms with Crippen molar-refractivity contribution in [3.05, 3.63) is 48.6 Å². The van der Waals surface area contributed by atoms with Crippen LogP contribution in [0.1, 0.15) is 194 Å². The highest BCUT2D eigenvalue weighted by Gasteiger charge is 2.26. The molecule has 0 fully saturated rings. The van der Waals surface area contributed by atoms with E-state index in [-0.39, 0.29) is 32.6 Å². The molecule has 0 heterocycles. The molecule has 0 aromatic carbocycles. The second-order valence-corrected chi connectivity index (χ2v) is 16.1. The van der Waals surface area contributed by atoms with E-state index in [9.17, 15) is 19.0 Å². The van der Waals surface area contributed by atoms with Crippen LogP contribution in [-0.4, -0.2) is 49.3 Å². The van der Waals surface area contributed by atoms with E-state index in [1.54, 1.807) is 0 Å². The maximum Gasteiger partial charge on any atom is 0.472 e. The monoisotopic (exact) mass is 796 g/mol. The van der Waals surface area contributed by atoms with Gasteiger partial charge in [-0.2, -0.15) is 0 Å². The minimum Gasteiger partial charge on any atom is -0.462 e. The number of carbonyl (C=O) groups excluding carboxylic acids is 2. The van der Waals surface area contributed by atoms with Gasteiger partial charge in [0, 0.05) is 19.4 Å². The number of rotatable bonds is 41. The van der Waals surface area contributed by atoms with E-state index in [1.165, 1.54) is 83.5 Å². The lowest BCUT2D eigenvalue weighted by molar-refractivity contribution is -0.161. The Kier molecular flexibility index (Phi) is 40.1. The zero-order chi connectivity index (χ0) is 40.3. The van der Waals surface area contributed by atoms with Crippen LogP contribution in [-0.2, 0) is 32.7 Å². The van der Waals surface area contributed by atoms with Crippen LogP contribution in [0.5, 0.6) is 0 Å². The molecule has 9 nitrogen and oxygen atoms in total. The Morgan fingerprint density at radius 3 is 1.44 bits per heavy atom. The van der Waals surface area contributed by atoms with Gasteiger partial charge in [0.15, 0.2) is 6.10 Å². The van der Waals surface area contributed by atoms with Crippen LogP contribution >= 0.6 is 7.82 Å². The summed E-state index contributed by atoms with van der Waals surface area (Å²) in [5.41, 5.74) is 5.35. The average Bonchev–Trinajstić information content (AvgIpc) is 3.17. The van der Waals surface area contributed by atoms with E-state index in [0.717, 1.165) is 77.0 Å². The van der Waals surface area contributed by atoms with E-state index >= 15 is 0 Å². The Morgan fingerprint density at radius 2 is 0.964 bits per heavy atom. The van der Waals surface area contributed by atoms with Crippen molar-refractivity contribution < 1.29 is 37.6 Å². The van der Waals surface area contributed by atoms with Crippen LogP contribution in [0.15, 0.2) is 48.6 Å². The molecule has 0 rings (SSSR count). The fraction of sp³-hybridized carbons (Fsp3) is 0.778. The van der Waals surface area contributed by atoms with Crippen molar-refractivity contribution in [3.63, 3.8) is 0 Å². The van der Waals surface area contributed by atoms with Crippen molar-refractivity contribution >= 4 is 19.8 Å². The number of esters is 2. The molecular weight excluding hydrogens is 713 g/mol. The second kappa shape index (κ2) is 41.6. The number of hydrogen-bond donors (Lipinski definition) is 2. The molecule has 55 heavy (non-hydrogen) atoms. The van der Waals surface area contributed by atoms with Crippen LogP contribution in [0.2, 0.25) is 0 Å². The third-order valence-electron chi connectivity index (χ3n) is 9.25. The molecule has 0 aliphatic rings. The van der Waals surface area contributed by atoms with Crippen LogP contribution in [0.4, 0.5) is 0 Å². The minimum absolute atomic E-state index is 0.0472. The summed E-state index contributed by atoms with van der Waals surface area (Å²) in [7, 11) is -4.39. The summed E-state index contributed by atoms with van der Waals surface area (Å²) in [6.45, 7) is 3.68. The number of ether oxygens (including phenoxy) is 2. The lowest BCUT2D eigenvalue weighted by Gasteiger charge is -2.19. The van der Waals surface area contributed by atoms with Crippen LogP contribution in [0.25, 0.3) is 0 Å². The smallest absolute Gasteiger partial charge is 0.462 e. The van der Waals surface area contributed by atoms with Crippen molar-refractivity contribution in [1.29, 1.82) is 0 Å². The van der Waals surface area contributed by atoms with Gasteiger partial charge in [-0.15, -0.1) is 0 Å². The predicted molar refractivity (Wildman–Crippen MR) is 229 cm³/mol. The Bertz CT molecular complexity index is 1040. The van der Waals surface area contributed by atoms with E-state index < -0.39 is 32.5 Å². The maximum atomic E-state index is 12.6. The van der Waals surface area contributed by atoms with Crippen LogP contribution in [0.3, 0.4) is 0 Å². The van der Waals surface area contributed by atoms with Gasteiger partial charge >= 0.3 is 19.8 Å². The first-order chi connectivity index (χ1) is 26.8. The molecule has 0 radical (unpaired) electrons. The number of unbranched alkanes of at least 4 members (excludes halogenated alkanes) is 22. The summed E-state index contributed by atoms with van der Waals surface area (Å²) >= 11 is 0. The molecule has 0 aromatic rings. The highest BCUT2D eigenvalue weighted by Crippen LogP contribution is 2.43. The molecule has 2 atom stereocenters. The van der Waals surface area contributed by atoms with Crippen molar-refractivity contribution in [3.8, 4) is 0 Å². The fourth-order valence-corrected chi connectivity index (χ4v) is 6.69. The predicted octanol–water partition coefficient (Wildman–Crippen LogP) is 12.7. The molecule has 0 aliphatic heterocycles. The summed E-state index contributed by atoms with van der Waals surface area (Å²) in [5.74, 6) is -0.861. The van der Waals surface area contributed by atoms with Gasteiger partial charge in [-0.25, -0.2) is 4.57 Å². The van der Waals surface area contributed by atoms with Crippen molar-refractivity contribution in [2.75, 3.05) is 26.4 Å². The van der Waals surface area contributed by atoms with Crippen molar-refractivity contribution in [2.24, 2.45) is 5.73 Å². The van der Waals surface area contributed by atoms with Gasteiger partial charge in [-0.05, 0) is 64.2 Å². The summed E-state index contributed by atoms with van der Waals surface area (Å²) in [6, 6.07) is 0. The first-order valence-corrected chi connectivity index (χ1v) is 23.6. The quantitative estimate of drug-likeness (QED) is 0.0204. The molecule has 0 bridgehead atoms. The van der Waals surface area contributed by atoms with Gasteiger partial charge in [0.1, 0.15) is 6.61 Å². The van der Waals surface area contributed by atoms with E-state index in [0.29, 0.717) is 6.42 Å². The molecular formula is C45H82NO8P. The molecule has 320 valence electrons. The van der Waals surface area contributed by atoms with Gasteiger partial charge in [0.2, 0.25) is 0 Å². The molecule has 0 aliphatic carbocycles. The molecule has 0 saturated heterocycles. The Labute approximate surface area is 336 Å². The Balaban J connectivity index is 4.21. The molecule has 2 unspecified atom stereocenters. The third-order valence-corrected chi connectivity index (χ3v) is 10.2. The third kappa shape index (κ3) is 41.4. The number of nitrogens with two attached hydrogens (primary N) is 1. The van der Waals surface area contributed by atoms with Gasteiger partial charge in [-0.3, -0.25) is 18.6 Å². The molecule has 3 N–H and O–H groups in total. The van der Waals surface area contributed by atoms with Crippen LogP contribution in [0, 0.1) is 0 Å². The number of carbonyl (C=O) groups is 2. The lowest BCUT2D eigenvalue weighted by Crippen LogP contribution is -2.29. The zero-order valence-electron chi connectivity index (χ0n) is 35.2. The first-order valence-electron chi connectivity index (χ1n) is 22.1. The highest BCUT2D eigenvalue weighted by atomic mass is 31.2. The van der Waals surface area contributed by atoms with Gasteiger partial charge in [-0.1, -0.05) is 165 Å². The van der Waals surface area contributed by atoms with Gasteiger partial charge in [0.05, 0.1) is 13.2 Å². The molecule has 0 amide bonds. The summed E-state index contributed by atoms with van der Waals surface area (Å²) in [6.07, 6.45) is 47.1. The van der Waals surface area contributed by atoms with E-state index in [2.05, 4.69) is 62.5 Å². The fourth-order valence-electron chi connectivity index (χ4n) is 5.92. The molecule has 0 spiro atoms. The zero-order valence-corrected chi connectivity index (χ0v) is 36.0. The van der Waals surface area contributed by atoms with Crippen LogP contribution < -0.4 is 5.73 Å². The summed E-state index contributed by atoms with van der Waals surface area (Å²) < 4.78 is 32.8.